The fourth-order valence-electron chi connectivity index (χ4n) is 1.94. The lowest BCUT2D eigenvalue weighted by Gasteiger charge is -2.24. The number of hydrogen-bond acceptors (Lipinski definition) is 3. The van der Waals surface area contributed by atoms with E-state index >= 15 is 0 Å². The summed E-state index contributed by atoms with van der Waals surface area (Å²) in [5, 5.41) is 0.546. The van der Waals surface area contributed by atoms with E-state index in [9.17, 15) is 0 Å². The Kier molecular flexibility index (Phi) is 2.89. The highest BCUT2D eigenvalue weighted by atomic mass is 35.5. The molecule has 76 valence electrons. The molecule has 1 saturated heterocycles. The first-order valence-electron chi connectivity index (χ1n) is 4.90. The van der Waals surface area contributed by atoms with Crippen molar-refractivity contribution in [3.63, 3.8) is 0 Å². The van der Waals surface area contributed by atoms with Gasteiger partial charge in [-0.1, -0.05) is 17.7 Å². The van der Waals surface area contributed by atoms with Crippen LogP contribution in [0.2, 0.25) is 5.15 Å². The topological polar surface area (TPSA) is 42.1 Å². The monoisotopic (exact) mass is 211 g/mol. The molecule has 0 radical (unpaired) electrons. The number of halogens is 1. The third kappa shape index (κ3) is 1.83. The van der Waals surface area contributed by atoms with Gasteiger partial charge >= 0.3 is 0 Å². The molecule has 1 aromatic heterocycles. The van der Waals surface area contributed by atoms with Crippen LogP contribution in [0.5, 0.6) is 0 Å². The summed E-state index contributed by atoms with van der Waals surface area (Å²) < 4.78 is 0. The van der Waals surface area contributed by atoms with Crippen molar-refractivity contribution in [2.75, 3.05) is 18.0 Å². The van der Waals surface area contributed by atoms with Crippen LogP contribution in [0.15, 0.2) is 18.2 Å². The molecule has 1 aliphatic heterocycles. The highest BCUT2D eigenvalue weighted by molar-refractivity contribution is 6.29. The predicted molar refractivity (Wildman–Crippen MR) is 58.7 cm³/mol. The summed E-state index contributed by atoms with van der Waals surface area (Å²) in [5.41, 5.74) is 5.70. The predicted octanol–water partition coefficient (Wildman–Crippen LogP) is 1.66. The molecule has 14 heavy (non-hydrogen) atoms. The van der Waals surface area contributed by atoms with Crippen LogP contribution in [-0.4, -0.2) is 24.1 Å². The van der Waals surface area contributed by atoms with Crippen LogP contribution in [0.25, 0.3) is 0 Å². The molecule has 1 atom stereocenters. The maximum atomic E-state index is 5.85. The molecule has 0 spiro atoms. The van der Waals surface area contributed by atoms with E-state index in [1.165, 1.54) is 6.42 Å². The Labute approximate surface area is 88.9 Å². The minimum atomic E-state index is 0.431. The van der Waals surface area contributed by atoms with Gasteiger partial charge < -0.3 is 10.6 Å². The number of pyridine rings is 1. The lowest BCUT2D eigenvalue weighted by Crippen LogP contribution is -2.35. The molecule has 4 heteroatoms. The SMILES string of the molecule is NCC1CCCN1c1cccc(Cl)n1. The molecule has 0 amide bonds. The molecule has 1 unspecified atom stereocenters. The zero-order valence-electron chi connectivity index (χ0n) is 7.99. The highest BCUT2D eigenvalue weighted by Crippen LogP contribution is 2.23. The Bertz CT molecular complexity index is 316. The second kappa shape index (κ2) is 4.15. The quantitative estimate of drug-likeness (QED) is 0.757. The first-order chi connectivity index (χ1) is 6.81. The molecule has 3 nitrogen and oxygen atoms in total. The molecule has 1 aliphatic rings. The van der Waals surface area contributed by atoms with Gasteiger partial charge in [-0.05, 0) is 25.0 Å². The molecule has 2 rings (SSSR count). The molecule has 1 fully saturated rings. The summed E-state index contributed by atoms with van der Waals surface area (Å²) in [4.78, 5) is 6.53. The van der Waals surface area contributed by atoms with Crippen molar-refractivity contribution in [1.82, 2.24) is 4.98 Å². The second-order valence-electron chi connectivity index (χ2n) is 3.54. The molecule has 2 N–H and O–H groups in total. The van der Waals surface area contributed by atoms with Crippen LogP contribution in [-0.2, 0) is 0 Å². The van der Waals surface area contributed by atoms with Crippen LogP contribution in [0.3, 0.4) is 0 Å². The van der Waals surface area contributed by atoms with E-state index in [1.807, 2.05) is 12.1 Å². The summed E-state index contributed by atoms with van der Waals surface area (Å²) in [6.45, 7) is 1.73. The average molecular weight is 212 g/mol. The largest absolute Gasteiger partial charge is 0.352 e. The number of anilines is 1. The summed E-state index contributed by atoms with van der Waals surface area (Å²) in [7, 11) is 0. The van der Waals surface area contributed by atoms with E-state index in [-0.39, 0.29) is 0 Å². The maximum Gasteiger partial charge on any atom is 0.131 e. The molecular weight excluding hydrogens is 198 g/mol. The molecule has 0 saturated carbocycles. The zero-order valence-corrected chi connectivity index (χ0v) is 8.74. The molecule has 1 aromatic rings. The van der Waals surface area contributed by atoms with Gasteiger partial charge in [-0.15, -0.1) is 0 Å². The van der Waals surface area contributed by atoms with Gasteiger partial charge in [-0.25, -0.2) is 4.98 Å². The average Bonchev–Trinajstić information content (AvgIpc) is 2.65. The van der Waals surface area contributed by atoms with Gasteiger partial charge in [-0.3, -0.25) is 0 Å². The van der Waals surface area contributed by atoms with Crippen molar-refractivity contribution in [2.45, 2.75) is 18.9 Å². The number of aromatic nitrogens is 1. The van der Waals surface area contributed by atoms with Gasteiger partial charge in [0.25, 0.3) is 0 Å². The van der Waals surface area contributed by atoms with E-state index in [0.29, 0.717) is 17.7 Å². The number of hydrogen-bond donors (Lipinski definition) is 1. The van der Waals surface area contributed by atoms with Gasteiger partial charge in [0.1, 0.15) is 11.0 Å². The van der Waals surface area contributed by atoms with Crippen molar-refractivity contribution in [3.8, 4) is 0 Å². The van der Waals surface area contributed by atoms with E-state index < -0.39 is 0 Å². The third-order valence-electron chi connectivity index (χ3n) is 2.64. The van der Waals surface area contributed by atoms with Crippen LogP contribution < -0.4 is 10.6 Å². The van der Waals surface area contributed by atoms with Crippen LogP contribution in [0.1, 0.15) is 12.8 Å². The van der Waals surface area contributed by atoms with Gasteiger partial charge in [0.15, 0.2) is 0 Å². The highest BCUT2D eigenvalue weighted by Gasteiger charge is 2.24. The smallest absolute Gasteiger partial charge is 0.131 e. The normalized spacial score (nSPS) is 21.6. The summed E-state index contributed by atoms with van der Waals surface area (Å²) in [5.74, 6) is 0.949. The fourth-order valence-corrected chi connectivity index (χ4v) is 2.10. The van der Waals surface area contributed by atoms with Gasteiger partial charge in [0.05, 0.1) is 0 Å². The summed E-state index contributed by atoms with van der Waals surface area (Å²) in [6.07, 6.45) is 2.35. The molecule has 0 aromatic carbocycles. The number of rotatable bonds is 2. The van der Waals surface area contributed by atoms with Crippen molar-refractivity contribution in [1.29, 1.82) is 0 Å². The Balaban J connectivity index is 2.21. The lowest BCUT2D eigenvalue weighted by molar-refractivity contribution is 0.671. The van der Waals surface area contributed by atoms with E-state index in [2.05, 4.69) is 9.88 Å². The summed E-state index contributed by atoms with van der Waals surface area (Å²) >= 11 is 5.85. The Morgan fingerprint density at radius 2 is 2.43 bits per heavy atom. The molecule has 2 heterocycles. The Hall–Kier alpha value is -0.800. The van der Waals surface area contributed by atoms with E-state index in [1.54, 1.807) is 6.07 Å². The fraction of sp³-hybridized carbons (Fsp3) is 0.500. The second-order valence-corrected chi connectivity index (χ2v) is 3.93. The van der Waals surface area contributed by atoms with Crippen LogP contribution >= 0.6 is 11.6 Å². The van der Waals surface area contributed by atoms with Crippen molar-refractivity contribution in [2.24, 2.45) is 5.73 Å². The third-order valence-corrected chi connectivity index (χ3v) is 2.85. The van der Waals surface area contributed by atoms with E-state index in [0.717, 1.165) is 18.8 Å². The van der Waals surface area contributed by atoms with Crippen LogP contribution in [0.4, 0.5) is 5.82 Å². The zero-order chi connectivity index (χ0) is 9.97. The minimum absolute atomic E-state index is 0.431. The first-order valence-corrected chi connectivity index (χ1v) is 5.28. The van der Waals surface area contributed by atoms with E-state index in [4.69, 9.17) is 17.3 Å². The van der Waals surface area contributed by atoms with Crippen molar-refractivity contribution in [3.05, 3.63) is 23.4 Å². The first kappa shape index (κ1) is 9.74. The Morgan fingerprint density at radius 1 is 1.57 bits per heavy atom. The number of nitrogens with zero attached hydrogens (tertiary/aromatic N) is 2. The standard InChI is InChI=1S/C10H14ClN3/c11-9-4-1-5-10(13-9)14-6-2-3-8(14)7-12/h1,4-5,8H,2-3,6-7,12H2. The maximum absolute atomic E-state index is 5.85. The van der Waals surface area contributed by atoms with Crippen molar-refractivity contribution >= 4 is 17.4 Å². The number of nitrogens with two attached hydrogens (primary N) is 1. The summed E-state index contributed by atoms with van der Waals surface area (Å²) in [6, 6.07) is 6.13. The van der Waals surface area contributed by atoms with Gasteiger partial charge in [-0.2, -0.15) is 0 Å². The van der Waals surface area contributed by atoms with Gasteiger partial charge in [0, 0.05) is 19.1 Å². The van der Waals surface area contributed by atoms with Gasteiger partial charge in [0.2, 0.25) is 0 Å². The van der Waals surface area contributed by atoms with Crippen LogP contribution in [0, 0.1) is 0 Å². The minimum Gasteiger partial charge on any atom is -0.352 e. The molecular formula is C10H14ClN3. The molecule has 0 bridgehead atoms. The van der Waals surface area contributed by atoms with Crippen molar-refractivity contribution < 1.29 is 0 Å². The lowest BCUT2D eigenvalue weighted by atomic mass is 10.2. The molecule has 0 aliphatic carbocycles. The Morgan fingerprint density at radius 3 is 3.14 bits per heavy atom.